The number of nitrogens with one attached hydrogen (secondary N) is 1. The lowest BCUT2D eigenvalue weighted by molar-refractivity contribution is 0.402. The number of pyridine rings is 1. The van der Waals surface area contributed by atoms with E-state index in [1.807, 2.05) is 0 Å². The SMILES string of the molecule is CN(C)S(=O)(=O)c1ccc(CNc2cccc(Cl)n2)o1. The molecule has 2 rings (SSSR count). The van der Waals surface area contributed by atoms with Gasteiger partial charge in [0.2, 0.25) is 5.09 Å². The molecule has 0 spiro atoms. The molecule has 0 amide bonds. The van der Waals surface area contributed by atoms with Crippen molar-refractivity contribution in [2.45, 2.75) is 11.6 Å². The predicted molar refractivity (Wildman–Crippen MR) is 76.2 cm³/mol. The zero-order valence-electron chi connectivity index (χ0n) is 11.0. The topological polar surface area (TPSA) is 75.4 Å². The van der Waals surface area contributed by atoms with Crippen molar-refractivity contribution >= 4 is 27.4 Å². The first kappa shape index (κ1) is 14.8. The van der Waals surface area contributed by atoms with Crippen LogP contribution in [0.2, 0.25) is 5.15 Å². The maximum atomic E-state index is 11.8. The Bertz CT molecular complexity index is 697. The highest BCUT2D eigenvalue weighted by atomic mass is 35.5. The number of hydrogen-bond donors (Lipinski definition) is 1. The van der Waals surface area contributed by atoms with Gasteiger partial charge in [-0.05, 0) is 24.3 Å². The van der Waals surface area contributed by atoms with Crippen molar-refractivity contribution in [2.24, 2.45) is 0 Å². The van der Waals surface area contributed by atoms with E-state index in [4.69, 9.17) is 16.0 Å². The van der Waals surface area contributed by atoms with Crippen molar-refractivity contribution in [1.29, 1.82) is 0 Å². The lowest BCUT2D eigenvalue weighted by Crippen LogP contribution is -2.21. The molecule has 0 fully saturated rings. The first-order valence-corrected chi connectivity index (χ1v) is 7.59. The van der Waals surface area contributed by atoms with Crippen molar-refractivity contribution in [3.05, 3.63) is 41.2 Å². The van der Waals surface area contributed by atoms with Gasteiger partial charge in [-0.2, -0.15) is 0 Å². The van der Waals surface area contributed by atoms with Gasteiger partial charge in [-0.15, -0.1) is 0 Å². The second-order valence-corrected chi connectivity index (χ2v) is 6.68. The fourth-order valence-electron chi connectivity index (χ4n) is 1.46. The highest BCUT2D eigenvalue weighted by molar-refractivity contribution is 7.88. The maximum absolute atomic E-state index is 11.8. The number of furan rings is 1. The third-order valence-corrected chi connectivity index (χ3v) is 4.43. The maximum Gasteiger partial charge on any atom is 0.275 e. The van der Waals surface area contributed by atoms with E-state index in [9.17, 15) is 8.42 Å². The fourth-order valence-corrected chi connectivity index (χ4v) is 2.43. The van der Waals surface area contributed by atoms with E-state index in [-0.39, 0.29) is 5.09 Å². The summed E-state index contributed by atoms with van der Waals surface area (Å²) in [4.78, 5) is 4.06. The Morgan fingerprint density at radius 2 is 2.05 bits per heavy atom. The molecule has 0 aliphatic carbocycles. The normalized spacial score (nSPS) is 11.8. The first-order chi connectivity index (χ1) is 9.39. The minimum Gasteiger partial charge on any atom is -0.446 e. The average molecular weight is 316 g/mol. The standard InChI is InChI=1S/C12H14ClN3O3S/c1-16(2)20(17,18)12-7-6-9(19-12)8-14-11-5-3-4-10(13)15-11/h3-7H,8H2,1-2H3,(H,14,15). The van der Waals surface area contributed by atoms with E-state index in [2.05, 4.69) is 10.3 Å². The van der Waals surface area contributed by atoms with Crippen LogP contribution in [0.15, 0.2) is 39.8 Å². The molecule has 0 bridgehead atoms. The molecule has 0 atom stereocenters. The Hall–Kier alpha value is -1.57. The molecule has 0 radical (unpaired) electrons. The van der Waals surface area contributed by atoms with Crippen molar-refractivity contribution in [3.63, 3.8) is 0 Å². The van der Waals surface area contributed by atoms with Gasteiger partial charge in [0.05, 0.1) is 6.54 Å². The number of halogens is 1. The van der Waals surface area contributed by atoms with Crippen LogP contribution in [-0.4, -0.2) is 31.8 Å². The predicted octanol–water partition coefficient (Wildman–Crippen LogP) is 2.19. The fraction of sp³-hybridized carbons (Fsp3) is 0.250. The summed E-state index contributed by atoms with van der Waals surface area (Å²) >= 11 is 5.77. The summed E-state index contributed by atoms with van der Waals surface area (Å²) in [5.74, 6) is 1.08. The number of aromatic nitrogens is 1. The van der Waals surface area contributed by atoms with Crippen LogP contribution in [0.5, 0.6) is 0 Å². The van der Waals surface area contributed by atoms with Crippen LogP contribution in [-0.2, 0) is 16.6 Å². The van der Waals surface area contributed by atoms with Gasteiger partial charge in [0.1, 0.15) is 16.7 Å². The van der Waals surface area contributed by atoms with Crippen LogP contribution in [0.1, 0.15) is 5.76 Å². The molecule has 6 nitrogen and oxygen atoms in total. The zero-order valence-corrected chi connectivity index (χ0v) is 12.6. The summed E-state index contributed by atoms with van der Waals surface area (Å²) in [6, 6.07) is 8.22. The number of rotatable bonds is 5. The molecule has 1 N–H and O–H groups in total. The van der Waals surface area contributed by atoms with E-state index in [1.165, 1.54) is 20.2 Å². The highest BCUT2D eigenvalue weighted by Crippen LogP contribution is 2.18. The minimum atomic E-state index is -3.54. The highest BCUT2D eigenvalue weighted by Gasteiger charge is 2.21. The van der Waals surface area contributed by atoms with Gasteiger partial charge in [0.15, 0.2) is 0 Å². The third kappa shape index (κ3) is 3.30. The molecule has 2 aromatic heterocycles. The second kappa shape index (κ2) is 5.82. The Morgan fingerprint density at radius 3 is 2.70 bits per heavy atom. The Labute approximate surface area is 122 Å². The zero-order chi connectivity index (χ0) is 14.8. The lowest BCUT2D eigenvalue weighted by Gasteiger charge is -2.08. The van der Waals surface area contributed by atoms with E-state index >= 15 is 0 Å². The third-order valence-electron chi connectivity index (χ3n) is 2.53. The van der Waals surface area contributed by atoms with Gasteiger partial charge in [-0.3, -0.25) is 0 Å². The van der Waals surface area contributed by atoms with Gasteiger partial charge in [0, 0.05) is 14.1 Å². The average Bonchev–Trinajstić information content (AvgIpc) is 2.85. The second-order valence-electron chi connectivity index (χ2n) is 4.21. The van der Waals surface area contributed by atoms with E-state index in [0.717, 1.165) is 4.31 Å². The molecule has 0 unspecified atom stereocenters. The van der Waals surface area contributed by atoms with Crippen LogP contribution in [0.3, 0.4) is 0 Å². The molecule has 0 saturated carbocycles. The number of hydrogen-bond acceptors (Lipinski definition) is 5. The lowest BCUT2D eigenvalue weighted by atomic mass is 10.4. The summed E-state index contributed by atoms with van der Waals surface area (Å²) in [6.45, 7) is 0.316. The number of anilines is 1. The molecular formula is C12H14ClN3O3S. The van der Waals surface area contributed by atoms with Crippen LogP contribution >= 0.6 is 11.6 Å². The van der Waals surface area contributed by atoms with Crippen LogP contribution in [0, 0.1) is 0 Å². The largest absolute Gasteiger partial charge is 0.446 e. The van der Waals surface area contributed by atoms with Gasteiger partial charge >= 0.3 is 0 Å². The summed E-state index contributed by atoms with van der Waals surface area (Å²) < 4.78 is 30.1. The van der Waals surface area contributed by atoms with Crippen molar-refractivity contribution in [3.8, 4) is 0 Å². The minimum absolute atomic E-state index is 0.0849. The molecule has 8 heteroatoms. The number of nitrogens with zero attached hydrogens (tertiary/aromatic N) is 2. The van der Waals surface area contributed by atoms with Crippen molar-refractivity contribution < 1.29 is 12.8 Å². The molecule has 2 aromatic rings. The summed E-state index contributed by atoms with van der Waals surface area (Å²) in [7, 11) is -0.643. The van der Waals surface area contributed by atoms with Gasteiger partial charge in [0.25, 0.3) is 10.0 Å². The summed E-state index contributed by atoms with van der Waals surface area (Å²) in [5, 5.41) is 3.29. The number of sulfonamides is 1. The molecule has 0 aliphatic rings. The molecule has 2 heterocycles. The summed E-state index contributed by atoms with van der Waals surface area (Å²) in [6.07, 6.45) is 0. The molecule has 0 aromatic carbocycles. The van der Waals surface area contributed by atoms with Crippen molar-refractivity contribution in [1.82, 2.24) is 9.29 Å². The molecular weight excluding hydrogens is 302 g/mol. The van der Waals surface area contributed by atoms with E-state index in [1.54, 1.807) is 24.3 Å². The smallest absolute Gasteiger partial charge is 0.275 e. The van der Waals surface area contributed by atoms with Gasteiger partial charge < -0.3 is 9.73 Å². The Kier molecular flexibility index (Phi) is 4.32. The quantitative estimate of drug-likeness (QED) is 0.856. The first-order valence-electron chi connectivity index (χ1n) is 5.77. The molecule has 0 aliphatic heterocycles. The molecule has 108 valence electrons. The van der Waals surface area contributed by atoms with Crippen molar-refractivity contribution in [2.75, 3.05) is 19.4 Å². The monoisotopic (exact) mass is 315 g/mol. The summed E-state index contributed by atoms with van der Waals surface area (Å²) in [5.41, 5.74) is 0. The molecule has 0 saturated heterocycles. The van der Waals surface area contributed by atoms with E-state index in [0.29, 0.717) is 23.3 Å². The van der Waals surface area contributed by atoms with Gasteiger partial charge in [-0.25, -0.2) is 17.7 Å². The van der Waals surface area contributed by atoms with Crippen LogP contribution in [0.25, 0.3) is 0 Å². The van der Waals surface area contributed by atoms with E-state index < -0.39 is 10.0 Å². The van der Waals surface area contributed by atoms with Crippen LogP contribution in [0.4, 0.5) is 5.82 Å². The molecule has 20 heavy (non-hydrogen) atoms. The van der Waals surface area contributed by atoms with Gasteiger partial charge in [-0.1, -0.05) is 17.7 Å². The Balaban J connectivity index is 2.07. The van der Waals surface area contributed by atoms with Crippen LogP contribution < -0.4 is 5.32 Å². The Morgan fingerprint density at radius 1 is 1.30 bits per heavy atom.